The molecule has 0 saturated heterocycles. The summed E-state index contributed by atoms with van der Waals surface area (Å²) in [5.41, 5.74) is 11.5. The minimum Gasteiger partial charge on any atom is -0.508 e. The summed E-state index contributed by atoms with van der Waals surface area (Å²) in [5, 5.41) is 13.1. The highest BCUT2D eigenvalue weighted by Gasteiger charge is 2.35. The van der Waals surface area contributed by atoms with Gasteiger partial charge in [-0.15, -0.1) is 0 Å². The number of amides is 2. The smallest absolute Gasteiger partial charge is 0.247 e. The first-order valence-corrected chi connectivity index (χ1v) is 12.5. The van der Waals surface area contributed by atoms with Gasteiger partial charge in [0.25, 0.3) is 0 Å². The van der Waals surface area contributed by atoms with Crippen LogP contribution in [0.4, 0.5) is 11.4 Å². The monoisotopic (exact) mass is 465 g/mol. The summed E-state index contributed by atoms with van der Waals surface area (Å²) in [6.07, 6.45) is 3.65. The molecule has 34 heavy (non-hydrogen) atoms. The Balaban J connectivity index is 1.96. The summed E-state index contributed by atoms with van der Waals surface area (Å²) < 4.78 is 0. The molecule has 1 aliphatic heterocycles. The number of unbranched alkanes of at least 4 members (excludes halogenated alkanes) is 2. The number of anilines is 2. The van der Waals surface area contributed by atoms with Crippen LogP contribution in [0.1, 0.15) is 94.4 Å². The Morgan fingerprint density at radius 2 is 1.71 bits per heavy atom. The van der Waals surface area contributed by atoms with Crippen molar-refractivity contribution < 1.29 is 14.7 Å². The van der Waals surface area contributed by atoms with E-state index in [-0.39, 0.29) is 29.4 Å². The number of nitrogens with one attached hydrogen (secondary N) is 1. The van der Waals surface area contributed by atoms with E-state index in [9.17, 15) is 14.7 Å². The fraction of sp³-hybridized carbons (Fsp3) is 0.500. The van der Waals surface area contributed by atoms with Crippen molar-refractivity contribution in [2.75, 3.05) is 11.1 Å². The number of hydrogen-bond acceptors (Lipinski definition) is 4. The Bertz CT molecular complexity index is 1020. The minimum absolute atomic E-state index is 0.0203. The molecule has 2 amide bonds. The van der Waals surface area contributed by atoms with E-state index in [1.165, 1.54) is 0 Å². The molecule has 2 aromatic rings. The highest BCUT2D eigenvalue weighted by atomic mass is 16.3. The van der Waals surface area contributed by atoms with Gasteiger partial charge in [-0.3, -0.25) is 9.59 Å². The number of fused-ring (bicyclic) bond motifs is 1. The van der Waals surface area contributed by atoms with E-state index < -0.39 is 6.04 Å². The molecule has 1 aliphatic rings. The van der Waals surface area contributed by atoms with Gasteiger partial charge in [0.05, 0.1) is 0 Å². The molecular weight excluding hydrogens is 426 g/mol. The molecule has 2 aromatic carbocycles. The van der Waals surface area contributed by atoms with Crippen molar-refractivity contribution in [3.63, 3.8) is 0 Å². The zero-order valence-corrected chi connectivity index (χ0v) is 21.1. The van der Waals surface area contributed by atoms with E-state index in [0.29, 0.717) is 25.1 Å². The summed E-state index contributed by atoms with van der Waals surface area (Å²) in [4.78, 5) is 28.6. The predicted octanol–water partition coefficient (Wildman–Crippen LogP) is 5.69. The van der Waals surface area contributed by atoms with Crippen LogP contribution < -0.4 is 11.1 Å². The van der Waals surface area contributed by atoms with Crippen LogP contribution >= 0.6 is 0 Å². The molecule has 6 heteroatoms. The number of phenolic OH excluding ortho intramolecular Hbond substituents is 1. The number of carbonyl (C=O) groups is 2. The summed E-state index contributed by atoms with van der Waals surface area (Å²) in [5.74, 6) is 0.325. The Morgan fingerprint density at radius 1 is 1.06 bits per heavy atom. The van der Waals surface area contributed by atoms with E-state index in [2.05, 4.69) is 39.9 Å². The van der Waals surface area contributed by atoms with Crippen molar-refractivity contribution in [2.24, 2.45) is 0 Å². The first-order valence-electron chi connectivity index (χ1n) is 12.5. The normalized spacial score (nSPS) is 15.5. The number of nitrogens with zero attached hydrogens (tertiary/aromatic N) is 1. The van der Waals surface area contributed by atoms with Crippen LogP contribution in [0.3, 0.4) is 0 Å². The lowest BCUT2D eigenvalue weighted by atomic mass is 9.90. The standard InChI is InChI=1S/C28H39N3O3/c1-6-7-8-9-26(33)31-16-20-12-22(32)11-10-19(20)13-25(31)28(34)30-27-23(17(2)3)14-21(29)15-24(27)18(4)5/h10-12,14-15,17-18,25,32H,6-9,13,16,29H2,1-5H3,(H,30,34)/t25-/m0/s1. The lowest BCUT2D eigenvalue weighted by Gasteiger charge is -2.36. The quantitative estimate of drug-likeness (QED) is 0.344. The Hall–Kier alpha value is -3.02. The van der Waals surface area contributed by atoms with Crippen molar-refractivity contribution in [3.05, 3.63) is 52.6 Å². The van der Waals surface area contributed by atoms with Crippen molar-refractivity contribution in [1.82, 2.24) is 4.90 Å². The highest BCUT2D eigenvalue weighted by Crippen LogP contribution is 2.36. The summed E-state index contributed by atoms with van der Waals surface area (Å²) in [6.45, 7) is 10.8. The van der Waals surface area contributed by atoms with E-state index in [4.69, 9.17) is 5.73 Å². The summed E-state index contributed by atoms with van der Waals surface area (Å²) in [7, 11) is 0. The first kappa shape index (κ1) is 25.6. The highest BCUT2D eigenvalue weighted by molar-refractivity contribution is 5.99. The van der Waals surface area contributed by atoms with Gasteiger partial charge in [0, 0.05) is 30.8 Å². The molecule has 0 aromatic heterocycles. The zero-order valence-electron chi connectivity index (χ0n) is 21.1. The van der Waals surface area contributed by atoms with Crippen LogP contribution in [-0.4, -0.2) is 27.9 Å². The van der Waals surface area contributed by atoms with Gasteiger partial charge in [-0.05, 0) is 64.8 Å². The largest absolute Gasteiger partial charge is 0.508 e. The number of carbonyl (C=O) groups excluding carboxylic acids is 2. The molecule has 184 valence electrons. The van der Waals surface area contributed by atoms with Crippen LogP contribution in [0.25, 0.3) is 0 Å². The van der Waals surface area contributed by atoms with Gasteiger partial charge in [0.15, 0.2) is 0 Å². The van der Waals surface area contributed by atoms with Gasteiger partial charge >= 0.3 is 0 Å². The molecule has 0 radical (unpaired) electrons. The second kappa shape index (κ2) is 10.9. The molecule has 4 N–H and O–H groups in total. The summed E-state index contributed by atoms with van der Waals surface area (Å²) >= 11 is 0. The number of hydrogen-bond donors (Lipinski definition) is 3. The van der Waals surface area contributed by atoms with Crippen molar-refractivity contribution in [3.8, 4) is 5.75 Å². The van der Waals surface area contributed by atoms with E-state index >= 15 is 0 Å². The molecule has 0 bridgehead atoms. The maximum atomic E-state index is 13.7. The molecule has 3 rings (SSSR count). The van der Waals surface area contributed by atoms with Gasteiger partial charge in [0.2, 0.25) is 11.8 Å². The molecule has 1 heterocycles. The number of aromatic hydroxyl groups is 1. The number of phenols is 1. The van der Waals surface area contributed by atoms with E-state index in [0.717, 1.165) is 47.2 Å². The Kier molecular flexibility index (Phi) is 8.24. The third-order valence-corrected chi connectivity index (χ3v) is 6.65. The minimum atomic E-state index is -0.608. The van der Waals surface area contributed by atoms with Crippen LogP contribution in [0.5, 0.6) is 5.75 Å². The van der Waals surface area contributed by atoms with E-state index in [1.807, 2.05) is 18.2 Å². The fourth-order valence-electron chi connectivity index (χ4n) is 4.71. The van der Waals surface area contributed by atoms with Crippen molar-refractivity contribution in [1.29, 1.82) is 0 Å². The van der Waals surface area contributed by atoms with E-state index in [1.54, 1.807) is 17.0 Å². The van der Waals surface area contributed by atoms with Gasteiger partial charge < -0.3 is 21.1 Å². The van der Waals surface area contributed by atoms with Gasteiger partial charge in [-0.25, -0.2) is 0 Å². The number of nitrogen functional groups attached to an aromatic ring is 1. The molecule has 0 fully saturated rings. The third kappa shape index (κ3) is 5.72. The molecule has 0 aliphatic carbocycles. The Labute approximate surface area is 203 Å². The molecule has 0 saturated carbocycles. The topological polar surface area (TPSA) is 95.7 Å². The van der Waals surface area contributed by atoms with Crippen molar-refractivity contribution in [2.45, 2.75) is 91.1 Å². The van der Waals surface area contributed by atoms with Crippen molar-refractivity contribution >= 4 is 23.2 Å². The Morgan fingerprint density at radius 3 is 2.29 bits per heavy atom. The molecule has 6 nitrogen and oxygen atoms in total. The number of nitrogens with two attached hydrogens (primary N) is 1. The number of rotatable bonds is 8. The fourth-order valence-corrected chi connectivity index (χ4v) is 4.71. The average molecular weight is 466 g/mol. The van der Waals surface area contributed by atoms with Crippen LogP contribution in [0.2, 0.25) is 0 Å². The maximum Gasteiger partial charge on any atom is 0.247 e. The third-order valence-electron chi connectivity index (χ3n) is 6.65. The van der Waals surface area contributed by atoms with Gasteiger partial charge in [-0.1, -0.05) is 53.5 Å². The van der Waals surface area contributed by atoms with Crippen LogP contribution in [-0.2, 0) is 22.6 Å². The molecule has 0 spiro atoms. The number of benzene rings is 2. The molecule has 1 atom stereocenters. The molecule has 0 unspecified atom stereocenters. The average Bonchev–Trinajstić information content (AvgIpc) is 2.78. The lowest BCUT2D eigenvalue weighted by Crippen LogP contribution is -2.50. The summed E-state index contributed by atoms with van der Waals surface area (Å²) in [6, 6.07) is 8.44. The van der Waals surface area contributed by atoms with Gasteiger partial charge in [-0.2, -0.15) is 0 Å². The van der Waals surface area contributed by atoms with Gasteiger partial charge in [0.1, 0.15) is 11.8 Å². The van der Waals surface area contributed by atoms with Crippen LogP contribution in [0.15, 0.2) is 30.3 Å². The lowest BCUT2D eigenvalue weighted by molar-refractivity contribution is -0.140. The second-order valence-corrected chi connectivity index (χ2v) is 10.0. The predicted molar refractivity (Wildman–Crippen MR) is 138 cm³/mol. The molecular formula is C28H39N3O3. The SMILES string of the molecule is CCCCCC(=O)N1Cc2cc(O)ccc2C[C@H]1C(=O)Nc1c(C(C)C)cc(N)cc1C(C)C. The second-order valence-electron chi connectivity index (χ2n) is 10.0. The van der Waals surface area contributed by atoms with Crippen LogP contribution in [0, 0.1) is 0 Å². The maximum absolute atomic E-state index is 13.7. The zero-order chi connectivity index (χ0) is 25.0. The first-order chi connectivity index (χ1) is 16.1.